The highest BCUT2D eigenvalue weighted by atomic mass is 32.2. The van der Waals surface area contributed by atoms with E-state index in [0.29, 0.717) is 23.2 Å². The summed E-state index contributed by atoms with van der Waals surface area (Å²) in [7, 11) is 4.32. The lowest BCUT2D eigenvalue weighted by Crippen LogP contribution is -2.32. The molecule has 5 rings (SSSR count). The summed E-state index contributed by atoms with van der Waals surface area (Å²) in [5.74, 6) is 0. The van der Waals surface area contributed by atoms with Gasteiger partial charge < -0.3 is 4.90 Å². The van der Waals surface area contributed by atoms with Gasteiger partial charge in [0, 0.05) is 39.4 Å². The number of fused-ring (bicyclic) bond motifs is 1. The molecule has 0 radical (unpaired) electrons. The fourth-order valence-electron chi connectivity index (χ4n) is 4.69. The number of hydrogen-bond acceptors (Lipinski definition) is 6. The van der Waals surface area contributed by atoms with Crippen molar-refractivity contribution in [3.05, 3.63) is 66.2 Å². The third-order valence-corrected chi connectivity index (χ3v) is 7.74. The van der Waals surface area contributed by atoms with Crippen LogP contribution in [0.4, 0.5) is 0 Å². The Balaban J connectivity index is 1.50. The van der Waals surface area contributed by atoms with Crippen molar-refractivity contribution in [2.45, 2.75) is 47.6 Å². The van der Waals surface area contributed by atoms with E-state index in [-0.39, 0.29) is 0 Å². The van der Waals surface area contributed by atoms with Gasteiger partial charge in [-0.15, -0.1) is 0 Å². The predicted molar refractivity (Wildman–Crippen MR) is 131 cm³/mol. The van der Waals surface area contributed by atoms with E-state index < -0.39 is 0 Å². The van der Waals surface area contributed by atoms with Crippen LogP contribution in [0.1, 0.15) is 42.9 Å². The Kier molecular flexibility index (Phi) is 6.10. The zero-order chi connectivity index (χ0) is 23.7. The Morgan fingerprint density at radius 2 is 1.68 bits per heavy atom. The van der Waals surface area contributed by atoms with Crippen molar-refractivity contribution in [2.24, 2.45) is 0 Å². The molecule has 4 aromatic rings. The second-order valence-electron chi connectivity index (χ2n) is 8.90. The van der Waals surface area contributed by atoms with Crippen LogP contribution in [0.3, 0.4) is 0 Å². The Hall–Kier alpha value is -3.59. The molecule has 0 amide bonds. The van der Waals surface area contributed by atoms with E-state index in [9.17, 15) is 10.5 Å². The fourth-order valence-corrected chi connectivity index (χ4v) is 5.79. The lowest BCUT2D eigenvalue weighted by atomic mass is 9.91. The smallest absolute Gasteiger partial charge is 0.103 e. The maximum atomic E-state index is 9.62. The minimum Gasteiger partial charge on any atom is -0.306 e. The van der Waals surface area contributed by atoms with Gasteiger partial charge in [0.1, 0.15) is 12.1 Å². The van der Waals surface area contributed by atoms with Crippen molar-refractivity contribution in [3.63, 3.8) is 0 Å². The van der Waals surface area contributed by atoms with Crippen LogP contribution in [-0.4, -0.2) is 44.4 Å². The standard InChI is InChI=1S/C26H25N7S/c1-31(2)22-7-9-23(10-8-22)32-17-21(15-29-32)19-11-25(26-20(13-28)14-30-33(26)16-19)34-24-6-4-3-5-18(24)12-27/h3-6,11,14-17,22-23H,7-10H2,1-2H3/t22-,23+. The normalized spacial score (nSPS) is 18.1. The molecule has 170 valence electrons. The van der Waals surface area contributed by atoms with Crippen LogP contribution in [0, 0.1) is 22.7 Å². The maximum absolute atomic E-state index is 9.62. The van der Waals surface area contributed by atoms with Gasteiger partial charge in [0.05, 0.1) is 35.1 Å². The maximum Gasteiger partial charge on any atom is 0.103 e. The molecule has 0 unspecified atom stereocenters. The largest absolute Gasteiger partial charge is 0.306 e. The van der Waals surface area contributed by atoms with Gasteiger partial charge in [-0.25, -0.2) is 4.52 Å². The van der Waals surface area contributed by atoms with Crippen LogP contribution in [0.5, 0.6) is 0 Å². The van der Waals surface area contributed by atoms with Crippen molar-refractivity contribution < 1.29 is 0 Å². The molecule has 1 fully saturated rings. The van der Waals surface area contributed by atoms with Gasteiger partial charge in [-0.3, -0.25) is 4.68 Å². The van der Waals surface area contributed by atoms with E-state index >= 15 is 0 Å². The molecule has 0 spiro atoms. The van der Waals surface area contributed by atoms with Crippen LogP contribution in [-0.2, 0) is 0 Å². The molecule has 7 nitrogen and oxygen atoms in total. The van der Waals surface area contributed by atoms with E-state index in [4.69, 9.17) is 5.10 Å². The van der Waals surface area contributed by atoms with Crippen molar-refractivity contribution in [3.8, 4) is 23.3 Å². The summed E-state index contributed by atoms with van der Waals surface area (Å²) in [6, 6.07) is 15.1. The number of benzene rings is 1. The fraction of sp³-hybridized carbons (Fsp3) is 0.308. The number of nitrogens with zero attached hydrogens (tertiary/aromatic N) is 7. The predicted octanol–water partition coefficient (Wildman–Crippen LogP) is 5.14. The molecule has 0 saturated heterocycles. The lowest BCUT2D eigenvalue weighted by Gasteiger charge is -2.32. The minimum atomic E-state index is 0.417. The van der Waals surface area contributed by atoms with E-state index in [0.717, 1.165) is 39.3 Å². The molecule has 1 aromatic carbocycles. The summed E-state index contributed by atoms with van der Waals surface area (Å²) < 4.78 is 3.86. The van der Waals surface area contributed by atoms with Crippen molar-refractivity contribution in [1.29, 1.82) is 10.5 Å². The first-order chi connectivity index (χ1) is 16.6. The zero-order valence-electron chi connectivity index (χ0n) is 19.2. The minimum absolute atomic E-state index is 0.417. The van der Waals surface area contributed by atoms with Gasteiger partial charge in [-0.2, -0.15) is 20.7 Å². The number of pyridine rings is 1. The molecular weight excluding hydrogens is 442 g/mol. The third-order valence-electron chi connectivity index (χ3n) is 6.63. The number of aromatic nitrogens is 4. The molecule has 0 bridgehead atoms. The molecule has 3 aromatic heterocycles. The molecule has 0 aliphatic heterocycles. The average Bonchev–Trinajstić information content (AvgIpc) is 3.52. The van der Waals surface area contributed by atoms with E-state index in [1.807, 2.05) is 30.6 Å². The van der Waals surface area contributed by atoms with Crippen molar-refractivity contribution in [1.82, 2.24) is 24.3 Å². The second-order valence-corrected chi connectivity index (χ2v) is 9.99. The summed E-state index contributed by atoms with van der Waals surface area (Å²) >= 11 is 1.48. The SMILES string of the molecule is CN(C)[C@H]1CC[C@@H](n2cc(-c3cc(Sc4ccccc4C#N)c4c(C#N)cnn4c3)cn2)CC1. The summed E-state index contributed by atoms with van der Waals surface area (Å²) in [4.78, 5) is 4.05. The van der Waals surface area contributed by atoms with Gasteiger partial charge in [-0.05, 0) is 58.0 Å². The summed E-state index contributed by atoms with van der Waals surface area (Å²) in [5.41, 5.74) is 3.86. The first-order valence-corrected chi connectivity index (χ1v) is 12.2. The van der Waals surface area contributed by atoms with Gasteiger partial charge >= 0.3 is 0 Å². The summed E-state index contributed by atoms with van der Waals surface area (Å²) in [6.07, 6.45) is 12.2. The van der Waals surface area contributed by atoms with Gasteiger partial charge in [0.25, 0.3) is 0 Å². The Morgan fingerprint density at radius 1 is 0.912 bits per heavy atom. The Morgan fingerprint density at radius 3 is 2.41 bits per heavy atom. The highest BCUT2D eigenvalue weighted by Gasteiger charge is 2.24. The molecule has 0 N–H and O–H groups in total. The molecule has 1 aliphatic carbocycles. The van der Waals surface area contributed by atoms with Crippen LogP contribution in [0.2, 0.25) is 0 Å². The van der Waals surface area contributed by atoms with Crippen LogP contribution < -0.4 is 0 Å². The summed E-state index contributed by atoms with van der Waals surface area (Å²) in [5, 5.41) is 28.3. The third kappa shape index (κ3) is 4.19. The quantitative estimate of drug-likeness (QED) is 0.404. The first kappa shape index (κ1) is 22.2. The van der Waals surface area contributed by atoms with Crippen LogP contribution in [0.25, 0.3) is 16.6 Å². The Labute approximate surface area is 203 Å². The van der Waals surface area contributed by atoms with Crippen molar-refractivity contribution in [2.75, 3.05) is 14.1 Å². The lowest BCUT2D eigenvalue weighted by molar-refractivity contribution is 0.189. The average molecular weight is 468 g/mol. The van der Waals surface area contributed by atoms with Crippen LogP contribution >= 0.6 is 11.8 Å². The highest BCUT2D eigenvalue weighted by molar-refractivity contribution is 7.99. The molecule has 34 heavy (non-hydrogen) atoms. The molecule has 1 aliphatic rings. The summed E-state index contributed by atoms with van der Waals surface area (Å²) in [6.45, 7) is 0. The molecule has 0 atom stereocenters. The second kappa shape index (κ2) is 9.34. The van der Waals surface area contributed by atoms with Gasteiger partial charge in [-0.1, -0.05) is 23.9 Å². The first-order valence-electron chi connectivity index (χ1n) is 11.4. The van der Waals surface area contributed by atoms with Crippen LogP contribution in [0.15, 0.2) is 64.9 Å². The van der Waals surface area contributed by atoms with Gasteiger partial charge in [0.2, 0.25) is 0 Å². The molecule has 1 saturated carbocycles. The van der Waals surface area contributed by atoms with E-state index in [1.54, 1.807) is 16.8 Å². The zero-order valence-corrected chi connectivity index (χ0v) is 20.0. The van der Waals surface area contributed by atoms with E-state index in [2.05, 4.69) is 53.2 Å². The molecule has 3 heterocycles. The van der Waals surface area contributed by atoms with E-state index in [1.165, 1.54) is 24.6 Å². The molecule has 8 heteroatoms. The van der Waals surface area contributed by atoms with Crippen molar-refractivity contribution >= 4 is 17.3 Å². The number of nitriles is 2. The topological polar surface area (TPSA) is 85.9 Å². The monoisotopic (exact) mass is 467 g/mol. The molecular formula is C26H25N7S. The Bertz CT molecular complexity index is 1410. The number of rotatable bonds is 5. The van der Waals surface area contributed by atoms with Gasteiger partial charge in [0.15, 0.2) is 0 Å². The highest BCUT2D eigenvalue weighted by Crippen LogP contribution is 2.37. The number of hydrogen-bond donors (Lipinski definition) is 0.